The zero-order valence-electron chi connectivity index (χ0n) is 16.1. The van der Waals surface area contributed by atoms with Crippen LogP contribution in [0.3, 0.4) is 0 Å². The summed E-state index contributed by atoms with van der Waals surface area (Å²) in [5, 5.41) is 9.66. The lowest BCUT2D eigenvalue weighted by Crippen LogP contribution is -2.25. The highest BCUT2D eigenvalue weighted by Crippen LogP contribution is 2.25. The van der Waals surface area contributed by atoms with Crippen molar-refractivity contribution in [3.63, 3.8) is 0 Å². The van der Waals surface area contributed by atoms with Crippen molar-refractivity contribution in [2.45, 2.75) is 18.4 Å². The van der Waals surface area contributed by atoms with Gasteiger partial charge in [0.15, 0.2) is 0 Å². The molecule has 9 heteroatoms. The minimum Gasteiger partial charge on any atom is -0.478 e. The largest absolute Gasteiger partial charge is 0.478 e. The molecule has 0 aliphatic rings. The molecule has 0 aliphatic heterocycles. The van der Waals surface area contributed by atoms with Crippen molar-refractivity contribution in [2.24, 2.45) is 0 Å². The molecular formula is C21H20FN3O4S. The third kappa shape index (κ3) is 4.93. The molecule has 0 aliphatic carbocycles. The molecule has 0 atom stereocenters. The van der Waals surface area contributed by atoms with Crippen molar-refractivity contribution in [1.82, 2.24) is 4.98 Å². The number of hydrogen-bond donors (Lipinski definition) is 2. The van der Waals surface area contributed by atoms with E-state index in [1.807, 2.05) is 37.3 Å². The summed E-state index contributed by atoms with van der Waals surface area (Å²) < 4.78 is 40.6. The molecule has 0 saturated heterocycles. The first-order valence-corrected chi connectivity index (χ1v) is 10.6. The minimum atomic E-state index is -4.10. The fourth-order valence-corrected chi connectivity index (χ4v) is 3.98. The van der Waals surface area contributed by atoms with E-state index < -0.39 is 21.8 Å². The van der Waals surface area contributed by atoms with E-state index >= 15 is 0 Å². The van der Waals surface area contributed by atoms with Crippen LogP contribution in [0.15, 0.2) is 71.8 Å². The Morgan fingerprint density at radius 3 is 2.50 bits per heavy atom. The highest BCUT2D eigenvalue weighted by molar-refractivity contribution is 7.92. The first-order chi connectivity index (χ1) is 14.3. The number of rotatable bonds is 8. The molecule has 7 nitrogen and oxygen atoms in total. The molecule has 30 heavy (non-hydrogen) atoms. The Hall–Kier alpha value is -3.46. The van der Waals surface area contributed by atoms with E-state index in [9.17, 15) is 22.7 Å². The highest BCUT2D eigenvalue weighted by atomic mass is 32.2. The van der Waals surface area contributed by atoms with Gasteiger partial charge in [0, 0.05) is 13.1 Å². The number of halogens is 1. The molecule has 0 unspecified atom stereocenters. The van der Waals surface area contributed by atoms with Crippen LogP contribution in [0.1, 0.15) is 22.8 Å². The van der Waals surface area contributed by atoms with Crippen LogP contribution >= 0.6 is 0 Å². The van der Waals surface area contributed by atoms with E-state index in [4.69, 9.17) is 0 Å². The number of pyridine rings is 1. The van der Waals surface area contributed by atoms with Gasteiger partial charge in [-0.2, -0.15) is 0 Å². The van der Waals surface area contributed by atoms with Crippen molar-refractivity contribution in [3.05, 3.63) is 83.8 Å². The summed E-state index contributed by atoms with van der Waals surface area (Å²) in [6.07, 6.45) is 1.24. The van der Waals surface area contributed by atoms with E-state index in [0.29, 0.717) is 13.1 Å². The molecule has 0 saturated carbocycles. The van der Waals surface area contributed by atoms with Gasteiger partial charge in [0.05, 0.1) is 16.8 Å². The Kier molecular flexibility index (Phi) is 6.31. The number of nitrogens with zero attached hydrogens (tertiary/aromatic N) is 2. The summed E-state index contributed by atoms with van der Waals surface area (Å²) >= 11 is 0. The predicted octanol–water partition coefficient (Wildman–Crippen LogP) is 3.75. The van der Waals surface area contributed by atoms with Crippen molar-refractivity contribution in [1.29, 1.82) is 0 Å². The van der Waals surface area contributed by atoms with Gasteiger partial charge in [-0.15, -0.1) is 0 Å². The zero-order valence-corrected chi connectivity index (χ0v) is 16.9. The summed E-state index contributed by atoms with van der Waals surface area (Å²) in [6, 6.07) is 15.2. The van der Waals surface area contributed by atoms with Crippen LogP contribution in [0.25, 0.3) is 0 Å². The van der Waals surface area contributed by atoms with Crippen molar-refractivity contribution in [2.75, 3.05) is 16.2 Å². The summed E-state index contributed by atoms with van der Waals surface area (Å²) in [7, 11) is -4.10. The van der Waals surface area contributed by atoms with Gasteiger partial charge < -0.3 is 10.0 Å². The van der Waals surface area contributed by atoms with Crippen LogP contribution in [0.4, 0.5) is 15.9 Å². The van der Waals surface area contributed by atoms with Gasteiger partial charge in [-0.25, -0.2) is 22.6 Å². The van der Waals surface area contributed by atoms with E-state index in [2.05, 4.69) is 9.71 Å². The lowest BCUT2D eigenvalue weighted by atomic mass is 10.2. The molecule has 1 heterocycles. The Morgan fingerprint density at radius 2 is 1.87 bits per heavy atom. The van der Waals surface area contributed by atoms with Crippen LogP contribution < -0.4 is 9.62 Å². The van der Waals surface area contributed by atoms with Crippen LogP contribution in [0.5, 0.6) is 0 Å². The van der Waals surface area contributed by atoms with Crippen LogP contribution in [-0.2, 0) is 16.6 Å². The van der Waals surface area contributed by atoms with E-state index in [1.54, 1.807) is 4.90 Å². The molecule has 0 radical (unpaired) electrons. The number of carboxylic acids is 1. The van der Waals surface area contributed by atoms with Gasteiger partial charge in [-0.05, 0) is 36.8 Å². The first kappa shape index (κ1) is 21.3. The van der Waals surface area contributed by atoms with Gasteiger partial charge >= 0.3 is 5.97 Å². The number of aromatic nitrogens is 1. The van der Waals surface area contributed by atoms with Gasteiger partial charge in [-0.3, -0.25) is 4.72 Å². The molecule has 156 valence electrons. The van der Waals surface area contributed by atoms with Gasteiger partial charge in [0.25, 0.3) is 10.0 Å². The number of aromatic carboxylic acids is 1. The maximum Gasteiger partial charge on any atom is 0.339 e. The van der Waals surface area contributed by atoms with Gasteiger partial charge in [0.2, 0.25) is 0 Å². The minimum absolute atomic E-state index is 0.0313. The van der Waals surface area contributed by atoms with Crippen molar-refractivity contribution >= 4 is 27.5 Å². The molecule has 0 fully saturated rings. The van der Waals surface area contributed by atoms with Crippen molar-refractivity contribution < 1.29 is 22.7 Å². The Bertz CT molecular complexity index is 1150. The quantitative estimate of drug-likeness (QED) is 0.566. The molecular weight excluding hydrogens is 409 g/mol. The molecule has 0 amide bonds. The summed E-state index contributed by atoms with van der Waals surface area (Å²) in [6.45, 7) is 2.81. The fraction of sp³-hybridized carbons (Fsp3) is 0.143. The predicted molar refractivity (Wildman–Crippen MR) is 112 cm³/mol. The second-order valence-electron chi connectivity index (χ2n) is 6.46. The van der Waals surface area contributed by atoms with Crippen LogP contribution in [-0.4, -0.2) is 31.0 Å². The smallest absolute Gasteiger partial charge is 0.339 e. The number of anilines is 2. The Labute approximate surface area is 173 Å². The number of sulfonamides is 1. The maximum absolute atomic E-state index is 13.4. The number of benzene rings is 2. The standard InChI is InChI=1S/C21H20FN3O4S/c1-2-25(14-15-7-4-3-5-8-15)20-19(21(26)27)12-17(13-23-20)24-30(28,29)18-10-6-9-16(22)11-18/h3-13,24H,2,14H2,1H3,(H,26,27). The summed E-state index contributed by atoms with van der Waals surface area (Å²) in [5.41, 5.74) is 0.803. The highest BCUT2D eigenvalue weighted by Gasteiger charge is 2.21. The van der Waals surface area contributed by atoms with E-state index in [-0.39, 0.29) is 22.0 Å². The third-order valence-electron chi connectivity index (χ3n) is 4.35. The molecule has 2 aromatic carbocycles. The van der Waals surface area contributed by atoms with Gasteiger partial charge in [-0.1, -0.05) is 36.4 Å². The number of hydrogen-bond acceptors (Lipinski definition) is 5. The zero-order chi connectivity index (χ0) is 21.7. The summed E-state index contributed by atoms with van der Waals surface area (Å²) in [4.78, 5) is 17.5. The number of nitrogens with one attached hydrogen (secondary N) is 1. The van der Waals surface area contributed by atoms with Gasteiger partial charge in [0.1, 0.15) is 17.2 Å². The molecule has 3 aromatic rings. The Morgan fingerprint density at radius 1 is 1.13 bits per heavy atom. The lowest BCUT2D eigenvalue weighted by Gasteiger charge is -2.24. The van der Waals surface area contributed by atoms with Crippen LogP contribution in [0.2, 0.25) is 0 Å². The molecule has 0 spiro atoms. The SMILES string of the molecule is CCN(Cc1ccccc1)c1ncc(NS(=O)(=O)c2cccc(F)c2)cc1C(=O)O. The molecule has 1 aromatic heterocycles. The number of carbonyl (C=O) groups is 1. The molecule has 2 N–H and O–H groups in total. The van der Waals surface area contributed by atoms with Crippen molar-refractivity contribution in [3.8, 4) is 0 Å². The lowest BCUT2D eigenvalue weighted by molar-refractivity contribution is 0.0697. The Balaban J connectivity index is 1.92. The topological polar surface area (TPSA) is 99.6 Å². The first-order valence-electron chi connectivity index (χ1n) is 9.10. The van der Waals surface area contributed by atoms with E-state index in [0.717, 1.165) is 17.7 Å². The average Bonchev–Trinajstić information content (AvgIpc) is 2.72. The number of carboxylic acid groups (broad SMARTS) is 1. The molecule has 3 rings (SSSR count). The monoisotopic (exact) mass is 429 g/mol. The third-order valence-corrected chi connectivity index (χ3v) is 5.73. The maximum atomic E-state index is 13.4. The average molecular weight is 429 g/mol. The van der Waals surface area contributed by atoms with Crippen LogP contribution in [0, 0.1) is 5.82 Å². The normalized spacial score (nSPS) is 11.1. The van der Waals surface area contributed by atoms with E-state index in [1.165, 1.54) is 24.4 Å². The molecule has 0 bridgehead atoms. The summed E-state index contributed by atoms with van der Waals surface area (Å²) in [5.74, 6) is -1.71. The second-order valence-corrected chi connectivity index (χ2v) is 8.15. The second kappa shape index (κ2) is 8.91. The fourth-order valence-electron chi connectivity index (χ4n) is 2.91.